The average Bonchev–Trinajstić information content (AvgIpc) is 2.38. The zero-order chi connectivity index (χ0) is 14.6. The van der Waals surface area contributed by atoms with Crippen LogP contribution in [-0.4, -0.2) is 22.5 Å². The summed E-state index contributed by atoms with van der Waals surface area (Å²) < 4.78 is 13.6. The zero-order valence-electron chi connectivity index (χ0n) is 10.7. The van der Waals surface area contributed by atoms with Crippen LogP contribution in [0.4, 0.5) is 4.39 Å². The van der Waals surface area contributed by atoms with Crippen LogP contribution < -0.4 is 5.32 Å². The Morgan fingerprint density at radius 3 is 2.37 bits per heavy atom. The Balaban J connectivity index is 3.00. The summed E-state index contributed by atoms with van der Waals surface area (Å²) >= 11 is 2.99. The monoisotopic (exact) mass is 331 g/mol. The molecule has 0 aliphatic heterocycles. The van der Waals surface area contributed by atoms with Gasteiger partial charge in [0.15, 0.2) is 0 Å². The van der Waals surface area contributed by atoms with E-state index in [1.54, 1.807) is 13.8 Å². The fraction of sp³-hybridized carbons (Fsp3) is 0.385. The molecule has 0 aromatic heterocycles. The number of halogens is 2. The fourth-order valence-corrected chi connectivity index (χ4v) is 1.96. The largest absolute Gasteiger partial charge is 0.480 e. The molecule has 1 aromatic carbocycles. The van der Waals surface area contributed by atoms with E-state index in [-0.39, 0.29) is 22.9 Å². The molecule has 0 aliphatic rings. The van der Waals surface area contributed by atoms with Gasteiger partial charge in [-0.15, -0.1) is 0 Å². The van der Waals surface area contributed by atoms with Crippen molar-refractivity contribution < 1.29 is 19.1 Å². The molecule has 19 heavy (non-hydrogen) atoms. The third-order valence-electron chi connectivity index (χ3n) is 3.15. The number of aliphatic carboxylic acids is 1. The first-order valence-electron chi connectivity index (χ1n) is 5.87. The maximum absolute atomic E-state index is 13.4. The normalized spacial score (nSPS) is 11.2. The zero-order valence-corrected chi connectivity index (χ0v) is 12.3. The number of carboxylic acid groups (broad SMARTS) is 1. The van der Waals surface area contributed by atoms with Crippen LogP contribution in [0, 0.1) is 5.82 Å². The van der Waals surface area contributed by atoms with Gasteiger partial charge >= 0.3 is 5.97 Å². The summed E-state index contributed by atoms with van der Waals surface area (Å²) in [5.74, 6) is -2.26. The number of hydrogen-bond donors (Lipinski definition) is 2. The molecule has 0 saturated heterocycles. The highest BCUT2D eigenvalue weighted by molar-refractivity contribution is 9.10. The van der Waals surface area contributed by atoms with Gasteiger partial charge in [-0.2, -0.15) is 0 Å². The van der Waals surface area contributed by atoms with Crippen LogP contribution in [0.1, 0.15) is 37.0 Å². The molecule has 0 aliphatic carbocycles. The molecule has 0 spiro atoms. The van der Waals surface area contributed by atoms with Crippen molar-refractivity contribution in [2.75, 3.05) is 0 Å². The number of rotatable bonds is 5. The van der Waals surface area contributed by atoms with E-state index < -0.39 is 23.2 Å². The standard InChI is InChI=1S/C13H15BrFNO3/c1-3-13(4-2,12(18)19)16-11(17)8-5-6-9(14)10(15)7-8/h5-7H,3-4H2,1-2H3,(H,16,17)(H,18,19). The maximum atomic E-state index is 13.4. The van der Waals surface area contributed by atoms with E-state index in [9.17, 15) is 19.1 Å². The molecule has 1 aromatic rings. The van der Waals surface area contributed by atoms with Gasteiger partial charge in [0.05, 0.1) is 4.47 Å². The third kappa shape index (κ3) is 3.32. The Morgan fingerprint density at radius 2 is 1.95 bits per heavy atom. The molecule has 0 heterocycles. The van der Waals surface area contributed by atoms with Crippen molar-refractivity contribution >= 4 is 27.8 Å². The van der Waals surface area contributed by atoms with Gasteiger partial charge in [0, 0.05) is 5.56 Å². The predicted molar refractivity (Wildman–Crippen MR) is 72.5 cm³/mol. The van der Waals surface area contributed by atoms with Crippen molar-refractivity contribution in [3.8, 4) is 0 Å². The minimum absolute atomic E-state index is 0.0909. The van der Waals surface area contributed by atoms with E-state index >= 15 is 0 Å². The Labute approximate surface area is 119 Å². The summed E-state index contributed by atoms with van der Waals surface area (Å²) in [6, 6.07) is 3.91. The lowest BCUT2D eigenvalue weighted by molar-refractivity contribution is -0.144. The van der Waals surface area contributed by atoms with Crippen LogP contribution in [0.25, 0.3) is 0 Å². The van der Waals surface area contributed by atoms with Crippen molar-refractivity contribution in [3.63, 3.8) is 0 Å². The van der Waals surface area contributed by atoms with Crippen LogP contribution in [0.15, 0.2) is 22.7 Å². The van der Waals surface area contributed by atoms with Gasteiger partial charge in [-0.05, 0) is 47.0 Å². The topological polar surface area (TPSA) is 66.4 Å². The summed E-state index contributed by atoms with van der Waals surface area (Å²) in [5.41, 5.74) is -1.23. The van der Waals surface area contributed by atoms with Gasteiger partial charge in [-0.3, -0.25) is 4.79 Å². The van der Waals surface area contributed by atoms with Crippen LogP contribution in [0.3, 0.4) is 0 Å². The number of amides is 1. The van der Waals surface area contributed by atoms with E-state index in [4.69, 9.17) is 0 Å². The van der Waals surface area contributed by atoms with Crippen molar-refractivity contribution in [1.82, 2.24) is 5.32 Å². The van der Waals surface area contributed by atoms with Crippen LogP contribution in [0.5, 0.6) is 0 Å². The first-order chi connectivity index (χ1) is 8.86. The number of benzene rings is 1. The van der Waals surface area contributed by atoms with E-state index in [1.165, 1.54) is 12.1 Å². The number of carbonyl (C=O) groups is 2. The summed E-state index contributed by atoms with van der Waals surface area (Å²) in [7, 11) is 0. The van der Waals surface area contributed by atoms with Gasteiger partial charge in [0.25, 0.3) is 5.91 Å². The minimum atomic E-state index is -1.32. The highest BCUT2D eigenvalue weighted by Crippen LogP contribution is 2.19. The molecule has 0 fully saturated rings. The molecule has 1 amide bonds. The molecular weight excluding hydrogens is 317 g/mol. The van der Waals surface area contributed by atoms with E-state index in [1.807, 2.05) is 0 Å². The summed E-state index contributed by atoms with van der Waals surface area (Å²) in [6.07, 6.45) is 0.507. The second-order valence-corrected chi connectivity index (χ2v) is 5.03. The summed E-state index contributed by atoms with van der Waals surface area (Å²) in [4.78, 5) is 23.3. The molecule has 4 nitrogen and oxygen atoms in total. The molecule has 0 bridgehead atoms. The second kappa shape index (κ2) is 6.14. The predicted octanol–water partition coefficient (Wildman–Crippen LogP) is 2.96. The molecular formula is C13H15BrFNO3. The van der Waals surface area contributed by atoms with Crippen molar-refractivity contribution in [3.05, 3.63) is 34.1 Å². The van der Waals surface area contributed by atoms with Crippen molar-refractivity contribution in [2.24, 2.45) is 0 Å². The number of hydrogen-bond acceptors (Lipinski definition) is 2. The molecule has 104 valence electrons. The molecule has 1 rings (SSSR count). The molecule has 6 heteroatoms. The van der Waals surface area contributed by atoms with E-state index in [0.29, 0.717) is 0 Å². The van der Waals surface area contributed by atoms with Gasteiger partial charge in [0.2, 0.25) is 0 Å². The van der Waals surface area contributed by atoms with Gasteiger partial charge < -0.3 is 10.4 Å². The molecule has 0 atom stereocenters. The molecule has 0 unspecified atom stereocenters. The molecule has 2 N–H and O–H groups in total. The Bertz CT molecular complexity index is 501. The Hall–Kier alpha value is -1.43. The maximum Gasteiger partial charge on any atom is 0.329 e. The van der Waals surface area contributed by atoms with Gasteiger partial charge in [-0.1, -0.05) is 13.8 Å². The highest BCUT2D eigenvalue weighted by Gasteiger charge is 2.36. The first kappa shape index (κ1) is 15.6. The van der Waals surface area contributed by atoms with Crippen molar-refractivity contribution in [2.45, 2.75) is 32.2 Å². The lowest BCUT2D eigenvalue weighted by Gasteiger charge is -2.28. The van der Waals surface area contributed by atoms with E-state index in [2.05, 4.69) is 21.2 Å². The Kier molecular flexibility index (Phi) is 5.05. The summed E-state index contributed by atoms with van der Waals surface area (Å²) in [5, 5.41) is 11.7. The van der Waals surface area contributed by atoms with Crippen molar-refractivity contribution in [1.29, 1.82) is 0 Å². The quantitative estimate of drug-likeness (QED) is 0.871. The van der Waals surface area contributed by atoms with E-state index in [0.717, 1.165) is 6.07 Å². The SMILES string of the molecule is CCC(CC)(NC(=O)c1ccc(Br)c(F)c1)C(=O)O. The van der Waals surface area contributed by atoms with Crippen LogP contribution in [-0.2, 0) is 4.79 Å². The first-order valence-corrected chi connectivity index (χ1v) is 6.66. The summed E-state index contributed by atoms with van der Waals surface area (Å²) in [6.45, 7) is 3.36. The van der Waals surface area contributed by atoms with Gasteiger partial charge in [0.1, 0.15) is 11.4 Å². The minimum Gasteiger partial charge on any atom is -0.480 e. The fourth-order valence-electron chi connectivity index (χ4n) is 1.71. The molecule has 0 saturated carbocycles. The third-order valence-corrected chi connectivity index (χ3v) is 3.79. The van der Waals surface area contributed by atoms with Crippen LogP contribution >= 0.6 is 15.9 Å². The lowest BCUT2D eigenvalue weighted by Crippen LogP contribution is -2.53. The molecule has 0 radical (unpaired) electrons. The number of carboxylic acids is 1. The lowest BCUT2D eigenvalue weighted by atomic mass is 9.92. The number of carbonyl (C=O) groups excluding carboxylic acids is 1. The highest BCUT2D eigenvalue weighted by atomic mass is 79.9. The second-order valence-electron chi connectivity index (χ2n) is 4.18. The number of nitrogens with one attached hydrogen (secondary N) is 1. The Morgan fingerprint density at radius 1 is 1.37 bits per heavy atom. The average molecular weight is 332 g/mol. The van der Waals surface area contributed by atoms with Crippen LogP contribution in [0.2, 0.25) is 0 Å². The van der Waals surface area contributed by atoms with Gasteiger partial charge in [-0.25, -0.2) is 9.18 Å². The smallest absolute Gasteiger partial charge is 0.329 e.